The fourth-order valence-electron chi connectivity index (χ4n) is 2.72. The Kier molecular flexibility index (Phi) is 5.38. The van der Waals surface area contributed by atoms with Crippen LogP contribution in [0.15, 0.2) is 18.2 Å². The molecule has 0 saturated carbocycles. The number of rotatable bonds is 5. The van der Waals surface area contributed by atoms with Crippen molar-refractivity contribution in [1.29, 1.82) is 0 Å². The molecule has 20 heavy (non-hydrogen) atoms. The van der Waals surface area contributed by atoms with Gasteiger partial charge in [0.2, 0.25) is 0 Å². The summed E-state index contributed by atoms with van der Waals surface area (Å²) in [5.41, 5.74) is 1.13. The summed E-state index contributed by atoms with van der Waals surface area (Å²) in [5.74, 6) is 1.12. The SMILES string of the molecule is CCN1CCN(c2cccc(CNC(C)C)n2)CC1C. The van der Waals surface area contributed by atoms with E-state index in [1.54, 1.807) is 0 Å². The van der Waals surface area contributed by atoms with Gasteiger partial charge in [-0.15, -0.1) is 0 Å². The van der Waals surface area contributed by atoms with Crippen molar-refractivity contribution in [3.05, 3.63) is 23.9 Å². The average molecular weight is 276 g/mol. The van der Waals surface area contributed by atoms with Gasteiger partial charge in [-0.2, -0.15) is 0 Å². The van der Waals surface area contributed by atoms with Crippen molar-refractivity contribution in [2.24, 2.45) is 0 Å². The molecule has 0 bridgehead atoms. The minimum atomic E-state index is 0.494. The predicted molar refractivity (Wildman–Crippen MR) is 85.1 cm³/mol. The van der Waals surface area contributed by atoms with E-state index >= 15 is 0 Å². The fraction of sp³-hybridized carbons (Fsp3) is 0.688. The number of likely N-dealkylation sites (N-methyl/N-ethyl adjacent to an activating group) is 1. The van der Waals surface area contributed by atoms with Crippen LogP contribution in [0.2, 0.25) is 0 Å². The average Bonchev–Trinajstić information content (AvgIpc) is 2.45. The molecule has 1 unspecified atom stereocenters. The fourth-order valence-corrected chi connectivity index (χ4v) is 2.72. The number of piperazine rings is 1. The molecule has 2 rings (SSSR count). The van der Waals surface area contributed by atoms with E-state index in [0.717, 1.165) is 44.2 Å². The van der Waals surface area contributed by atoms with E-state index in [0.29, 0.717) is 12.1 Å². The van der Waals surface area contributed by atoms with Crippen molar-refractivity contribution in [2.75, 3.05) is 31.1 Å². The van der Waals surface area contributed by atoms with Crippen LogP contribution in [0.5, 0.6) is 0 Å². The molecule has 0 radical (unpaired) electrons. The molecular formula is C16H28N4. The first-order chi connectivity index (χ1) is 9.60. The van der Waals surface area contributed by atoms with Crippen molar-refractivity contribution in [3.8, 4) is 0 Å². The standard InChI is InChI=1S/C16H28N4/c1-5-19-9-10-20(12-14(19)4)16-8-6-7-15(18-16)11-17-13(2)3/h6-8,13-14,17H,5,9-12H2,1-4H3. The smallest absolute Gasteiger partial charge is 0.128 e. The highest BCUT2D eigenvalue weighted by Crippen LogP contribution is 2.17. The van der Waals surface area contributed by atoms with Gasteiger partial charge >= 0.3 is 0 Å². The third-order valence-electron chi connectivity index (χ3n) is 3.98. The first-order valence-corrected chi connectivity index (χ1v) is 7.78. The highest BCUT2D eigenvalue weighted by Gasteiger charge is 2.23. The van der Waals surface area contributed by atoms with Crippen LogP contribution >= 0.6 is 0 Å². The van der Waals surface area contributed by atoms with E-state index in [-0.39, 0.29) is 0 Å². The zero-order chi connectivity index (χ0) is 14.5. The van der Waals surface area contributed by atoms with E-state index in [4.69, 9.17) is 4.98 Å². The predicted octanol–water partition coefficient (Wildman–Crippen LogP) is 2.11. The van der Waals surface area contributed by atoms with E-state index in [1.807, 2.05) is 0 Å². The highest BCUT2D eigenvalue weighted by atomic mass is 15.3. The van der Waals surface area contributed by atoms with E-state index in [2.05, 4.69) is 61.0 Å². The first-order valence-electron chi connectivity index (χ1n) is 7.78. The van der Waals surface area contributed by atoms with Crippen LogP contribution in [0.25, 0.3) is 0 Å². The zero-order valence-corrected chi connectivity index (χ0v) is 13.3. The van der Waals surface area contributed by atoms with Crippen LogP contribution in [0.1, 0.15) is 33.4 Å². The molecule has 1 aliphatic rings. The van der Waals surface area contributed by atoms with Crippen LogP contribution in [-0.2, 0) is 6.54 Å². The minimum absolute atomic E-state index is 0.494. The molecule has 0 spiro atoms. The lowest BCUT2D eigenvalue weighted by molar-refractivity contribution is 0.199. The molecule has 4 nitrogen and oxygen atoms in total. The maximum atomic E-state index is 4.80. The molecule has 1 N–H and O–H groups in total. The van der Waals surface area contributed by atoms with Gasteiger partial charge in [-0.25, -0.2) is 4.98 Å². The lowest BCUT2D eigenvalue weighted by Gasteiger charge is -2.40. The Labute approximate surface area is 123 Å². The molecule has 1 saturated heterocycles. The van der Waals surface area contributed by atoms with Crippen molar-refractivity contribution in [2.45, 2.75) is 46.3 Å². The topological polar surface area (TPSA) is 31.4 Å². The number of hydrogen-bond acceptors (Lipinski definition) is 4. The van der Waals surface area contributed by atoms with Crippen molar-refractivity contribution >= 4 is 5.82 Å². The maximum absolute atomic E-state index is 4.80. The number of anilines is 1. The molecular weight excluding hydrogens is 248 g/mol. The minimum Gasteiger partial charge on any atom is -0.354 e. The monoisotopic (exact) mass is 276 g/mol. The lowest BCUT2D eigenvalue weighted by atomic mass is 10.2. The molecule has 1 aliphatic heterocycles. The summed E-state index contributed by atoms with van der Waals surface area (Å²) in [6.07, 6.45) is 0. The third-order valence-corrected chi connectivity index (χ3v) is 3.98. The summed E-state index contributed by atoms with van der Waals surface area (Å²) in [7, 11) is 0. The van der Waals surface area contributed by atoms with Gasteiger partial charge in [-0.1, -0.05) is 26.8 Å². The van der Waals surface area contributed by atoms with E-state index in [9.17, 15) is 0 Å². The summed E-state index contributed by atoms with van der Waals surface area (Å²) in [4.78, 5) is 9.74. The van der Waals surface area contributed by atoms with Crippen LogP contribution < -0.4 is 10.2 Å². The third kappa shape index (κ3) is 3.93. The summed E-state index contributed by atoms with van der Waals surface area (Å²) in [6.45, 7) is 14.1. The Bertz CT molecular complexity index is 419. The second-order valence-electron chi connectivity index (χ2n) is 5.95. The van der Waals surface area contributed by atoms with Gasteiger partial charge in [-0.05, 0) is 25.6 Å². The van der Waals surface area contributed by atoms with Gasteiger partial charge in [0.05, 0.1) is 5.69 Å². The molecule has 1 atom stereocenters. The Morgan fingerprint density at radius 3 is 2.80 bits per heavy atom. The summed E-state index contributed by atoms with van der Waals surface area (Å²) in [6, 6.07) is 7.45. The van der Waals surface area contributed by atoms with Gasteiger partial charge in [0.15, 0.2) is 0 Å². The van der Waals surface area contributed by atoms with Gasteiger partial charge in [0.1, 0.15) is 5.82 Å². The zero-order valence-electron chi connectivity index (χ0n) is 13.3. The van der Waals surface area contributed by atoms with Gasteiger partial charge in [0.25, 0.3) is 0 Å². The van der Waals surface area contributed by atoms with E-state index in [1.165, 1.54) is 0 Å². The number of aromatic nitrogens is 1. The van der Waals surface area contributed by atoms with Crippen molar-refractivity contribution in [1.82, 2.24) is 15.2 Å². The number of pyridine rings is 1. The van der Waals surface area contributed by atoms with Gasteiger partial charge in [-0.3, -0.25) is 4.90 Å². The van der Waals surface area contributed by atoms with Crippen molar-refractivity contribution in [3.63, 3.8) is 0 Å². The normalized spacial score (nSPS) is 20.6. The number of nitrogens with one attached hydrogen (secondary N) is 1. The van der Waals surface area contributed by atoms with Crippen LogP contribution in [0, 0.1) is 0 Å². The number of nitrogens with zero attached hydrogens (tertiary/aromatic N) is 3. The Balaban J connectivity index is 2.00. The first kappa shape index (κ1) is 15.3. The van der Waals surface area contributed by atoms with Gasteiger partial charge < -0.3 is 10.2 Å². The molecule has 0 aromatic carbocycles. The number of hydrogen-bond donors (Lipinski definition) is 1. The Morgan fingerprint density at radius 1 is 1.35 bits per heavy atom. The largest absolute Gasteiger partial charge is 0.354 e. The maximum Gasteiger partial charge on any atom is 0.128 e. The molecule has 0 aliphatic carbocycles. The van der Waals surface area contributed by atoms with Crippen LogP contribution in [0.4, 0.5) is 5.82 Å². The molecule has 4 heteroatoms. The Hall–Kier alpha value is -1.13. The van der Waals surface area contributed by atoms with Crippen LogP contribution in [-0.4, -0.2) is 48.1 Å². The Morgan fingerprint density at radius 2 is 2.15 bits per heavy atom. The second kappa shape index (κ2) is 7.04. The summed E-state index contributed by atoms with van der Waals surface area (Å²) < 4.78 is 0. The molecule has 1 aromatic heterocycles. The van der Waals surface area contributed by atoms with E-state index < -0.39 is 0 Å². The van der Waals surface area contributed by atoms with Gasteiger partial charge in [0, 0.05) is 38.3 Å². The van der Waals surface area contributed by atoms with Crippen LogP contribution in [0.3, 0.4) is 0 Å². The molecule has 1 aromatic rings. The molecule has 1 fully saturated rings. The lowest BCUT2D eigenvalue weighted by Crippen LogP contribution is -2.52. The molecule has 112 valence electrons. The second-order valence-corrected chi connectivity index (χ2v) is 5.95. The summed E-state index contributed by atoms with van der Waals surface area (Å²) >= 11 is 0. The quantitative estimate of drug-likeness (QED) is 0.892. The molecule has 2 heterocycles. The molecule has 0 amide bonds. The highest BCUT2D eigenvalue weighted by molar-refractivity contribution is 5.40. The van der Waals surface area contributed by atoms with Crippen molar-refractivity contribution < 1.29 is 0 Å². The summed E-state index contributed by atoms with van der Waals surface area (Å²) in [5, 5.41) is 3.43.